The lowest BCUT2D eigenvalue weighted by atomic mass is 10.0. The van der Waals surface area contributed by atoms with Crippen LogP contribution in [0.3, 0.4) is 0 Å². The molecular weight excluding hydrogens is 172 g/mol. The number of hydrogen-bond donors (Lipinski definition) is 2. The van der Waals surface area contributed by atoms with Gasteiger partial charge in [0.2, 0.25) is 0 Å². The lowest BCUT2D eigenvalue weighted by molar-refractivity contribution is 0.642. The third kappa shape index (κ3) is 1.90. The molecule has 1 heterocycles. The number of hydrogen-bond acceptors (Lipinski definition) is 2. The number of benzene rings is 1. The van der Waals surface area contributed by atoms with Gasteiger partial charge in [0.25, 0.3) is 0 Å². The molecule has 3 N–H and O–H groups in total. The third-order valence-electron chi connectivity index (χ3n) is 2.89. The highest BCUT2D eigenvalue weighted by Crippen LogP contribution is 2.22. The van der Waals surface area contributed by atoms with Crippen molar-refractivity contribution in [3.05, 3.63) is 29.3 Å². The van der Waals surface area contributed by atoms with Crippen LogP contribution in [0.4, 0.5) is 5.69 Å². The highest BCUT2D eigenvalue weighted by atomic mass is 14.9. The molecule has 0 amide bonds. The van der Waals surface area contributed by atoms with Crippen molar-refractivity contribution >= 4 is 5.69 Å². The first-order valence-electron chi connectivity index (χ1n) is 5.41. The van der Waals surface area contributed by atoms with E-state index in [1.54, 1.807) is 0 Å². The summed E-state index contributed by atoms with van der Waals surface area (Å²) < 4.78 is 0. The van der Waals surface area contributed by atoms with Crippen LogP contribution in [-0.2, 0) is 12.8 Å². The Morgan fingerprint density at radius 1 is 1.50 bits per heavy atom. The van der Waals surface area contributed by atoms with Crippen LogP contribution < -0.4 is 11.1 Å². The van der Waals surface area contributed by atoms with Crippen molar-refractivity contribution in [2.75, 3.05) is 11.9 Å². The second-order valence-corrected chi connectivity index (χ2v) is 4.02. The Kier molecular flexibility index (Phi) is 2.73. The molecule has 0 saturated heterocycles. The van der Waals surface area contributed by atoms with Gasteiger partial charge in [-0.2, -0.15) is 0 Å². The van der Waals surface area contributed by atoms with Crippen LogP contribution in [0.1, 0.15) is 24.5 Å². The Morgan fingerprint density at radius 3 is 3.14 bits per heavy atom. The van der Waals surface area contributed by atoms with Crippen molar-refractivity contribution in [1.82, 2.24) is 0 Å². The molecule has 0 fully saturated rings. The van der Waals surface area contributed by atoms with Crippen LogP contribution in [0.25, 0.3) is 0 Å². The number of aryl methyl sites for hydroxylation is 1. The molecule has 0 aliphatic carbocycles. The van der Waals surface area contributed by atoms with Crippen molar-refractivity contribution < 1.29 is 0 Å². The molecule has 14 heavy (non-hydrogen) atoms. The molecule has 0 aromatic heterocycles. The molecule has 0 bridgehead atoms. The molecule has 1 aromatic rings. The van der Waals surface area contributed by atoms with Gasteiger partial charge in [-0.3, -0.25) is 0 Å². The second kappa shape index (κ2) is 4.01. The summed E-state index contributed by atoms with van der Waals surface area (Å²) in [7, 11) is 0. The monoisotopic (exact) mass is 190 g/mol. The quantitative estimate of drug-likeness (QED) is 0.710. The maximum atomic E-state index is 6.00. The average molecular weight is 190 g/mol. The molecule has 1 atom stereocenters. The van der Waals surface area contributed by atoms with E-state index in [-0.39, 0.29) is 0 Å². The molecule has 1 aliphatic heterocycles. The molecule has 0 radical (unpaired) electrons. The maximum absolute atomic E-state index is 6.00. The first kappa shape index (κ1) is 9.53. The van der Waals surface area contributed by atoms with Gasteiger partial charge < -0.3 is 11.1 Å². The highest BCUT2D eigenvalue weighted by Gasteiger charge is 2.12. The normalized spacial score (nSPS) is 20.9. The van der Waals surface area contributed by atoms with Crippen molar-refractivity contribution in [3.63, 3.8) is 0 Å². The van der Waals surface area contributed by atoms with E-state index >= 15 is 0 Å². The first-order valence-corrected chi connectivity index (χ1v) is 5.41. The lowest BCUT2D eigenvalue weighted by Gasteiger charge is -2.09. The highest BCUT2D eigenvalue weighted by molar-refractivity contribution is 5.53. The van der Waals surface area contributed by atoms with E-state index in [0.29, 0.717) is 6.04 Å². The topological polar surface area (TPSA) is 38.0 Å². The van der Waals surface area contributed by atoms with Crippen molar-refractivity contribution in [2.45, 2.75) is 32.2 Å². The predicted molar refractivity (Wildman–Crippen MR) is 60.6 cm³/mol. The smallest absolute Gasteiger partial charge is 0.0373 e. The van der Waals surface area contributed by atoms with E-state index in [1.807, 2.05) is 0 Å². The molecule has 1 aromatic carbocycles. The molecule has 1 aliphatic rings. The summed E-state index contributed by atoms with van der Waals surface area (Å²) in [5.74, 6) is 0. The standard InChI is InChI=1S/C12H18N2/c1-2-9-3-4-12-10(7-9)8-11(13)5-6-14-12/h3-4,7,11,14H,2,5-6,8,13H2,1H3. The summed E-state index contributed by atoms with van der Waals surface area (Å²) in [6, 6.07) is 6.98. The van der Waals surface area contributed by atoms with Crippen molar-refractivity contribution in [1.29, 1.82) is 0 Å². The molecule has 1 unspecified atom stereocenters. The molecular formula is C12H18N2. The van der Waals surface area contributed by atoms with Gasteiger partial charge in [-0.15, -0.1) is 0 Å². The summed E-state index contributed by atoms with van der Waals surface area (Å²) in [6.45, 7) is 3.19. The second-order valence-electron chi connectivity index (χ2n) is 4.02. The van der Waals surface area contributed by atoms with Gasteiger partial charge in [-0.05, 0) is 36.5 Å². The number of anilines is 1. The summed E-state index contributed by atoms with van der Waals surface area (Å²) >= 11 is 0. The zero-order valence-electron chi connectivity index (χ0n) is 8.72. The van der Waals surface area contributed by atoms with Gasteiger partial charge in [0.1, 0.15) is 0 Å². The van der Waals surface area contributed by atoms with Crippen molar-refractivity contribution in [2.24, 2.45) is 5.73 Å². The van der Waals surface area contributed by atoms with Crippen molar-refractivity contribution in [3.8, 4) is 0 Å². The van der Waals surface area contributed by atoms with E-state index in [9.17, 15) is 0 Å². The fourth-order valence-corrected chi connectivity index (χ4v) is 1.99. The summed E-state index contributed by atoms with van der Waals surface area (Å²) in [4.78, 5) is 0. The number of fused-ring (bicyclic) bond motifs is 1. The summed E-state index contributed by atoms with van der Waals surface area (Å²) in [6.07, 6.45) is 3.18. The fraction of sp³-hybridized carbons (Fsp3) is 0.500. The first-order chi connectivity index (χ1) is 6.79. The third-order valence-corrected chi connectivity index (χ3v) is 2.89. The van der Waals surface area contributed by atoms with Gasteiger partial charge in [0.15, 0.2) is 0 Å². The van der Waals surface area contributed by atoms with Crippen LogP contribution in [0.15, 0.2) is 18.2 Å². The van der Waals surface area contributed by atoms with E-state index in [4.69, 9.17) is 5.73 Å². The Balaban J connectivity index is 2.32. The van der Waals surface area contributed by atoms with Gasteiger partial charge in [-0.1, -0.05) is 19.1 Å². The van der Waals surface area contributed by atoms with Crippen LogP contribution in [0.2, 0.25) is 0 Å². The van der Waals surface area contributed by atoms with Gasteiger partial charge in [-0.25, -0.2) is 0 Å². The van der Waals surface area contributed by atoms with Crippen LogP contribution in [0, 0.1) is 0 Å². The predicted octanol–water partition coefficient (Wildman–Crippen LogP) is 1.93. The minimum absolute atomic E-state index is 0.316. The van der Waals surface area contributed by atoms with E-state index in [0.717, 1.165) is 25.8 Å². The zero-order chi connectivity index (χ0) is 9.97. The van der Waals surface area contributed by atoms with Crippen LogP contribution >= 0.6 is 0 Å². The van der Waals surface area contributed by atoms with Crippen LogP contribution in [-0.4, -0.2) is 12.6 Å². The minimum Gasteiger partial charge on any atom is -0.385 e. The largest absolute Gasteiger partial charge is 0.385 e. The minimum atomic E-state index is 0.316. The Hall–Kier alpha value is -1.02. The molecule has 2 rings (SSSR count). The summed E-state index contributed by atoms with van der Waals surface area (Å²) in [5.41, 5.74) is 10.1. The Bertz CT molecular complexity index is 320. The molecule has 0 spiro atoms. The number of nitrogens with two attached hydrogens (primary N) is 1. The van der Waals surface area contributed by atoms with E-state index in [2.05, 4.69) is 30.4 Å². The fourth-order valence-electron chi connectivity index (χ4n) is 1.99. The molecule has 2 nitrogen and oxygen atoms in total. The average Bonchev–Trinajstić information content (AvgIpc) is 2.37. The zero-order valence-corrected chi connectivity index (χ0v) is 8.72. The maximum Gasteiger partial charge on any atom is 0.0373 e. The van der Waals surface area contributed by atoms with Gasteiger partial charge >= 0.3 is 0 Å². The number of nitrogens with one attached hydrogen (secondary N) is 1. The van der Waals surface area contributed by atoms with E-state index < -0.39 is 0 Å². The number of rotatable bonds is 1. The SMILES string of the molecule is CCc1ccc2c(c1)CC(N)CCN2. The molecule has 0 saturated carbocycles. The molecule has 76 valence electrons. The Morgan fingerprint density at radius 2 is 2.36 bits per heavy atom. The lowest BCUT2D eigenvalue weighted by Crippen LogP contribution is -2.23. The van der Waals surface area contributed by atoms with E-state index in [1.165, 1.54) is 16.8 Å². The summed E-state index contributed by atoms with van der Waals surface area (Å²) in [5, 5.41) is 3.43. The molecule has 2 heteroatoms. The van der Waals surface area contributed by atoms with Gasteiger partial charge in [0, 0.05) is 18.3 Å². The Labute approximate surface area is 85.5 Å². The van der Waals surface area contributed by atoms with Crippen LogP contribution in [0.5, 0.6) is 0 Å². The van der Waals surface area contributed by atoms with Gasteiger partial charge in [0.05, 0.1) is 0 Å².